The van der Waals surface area contributed by atoms with Gasteiger partial charge in [0.05, 0.1) is 5.69 Å². The van der Waals surface area contributed by atoms with Crippen LogP contribution in [0.1, 0.15) is 50.3 Å². The molecule has 0 radical (unpaired) electrons. The second-order valence-corrected chi connectivity index (χ2v) is 5.07. The van der Waals surface area contributed by atoms with E-state index in [1.165, 1.54) is 43.6 Å². The van der Waals surface area contributed by atoms with E-state index in [2.05, 4.69) is 35.9 Å². The van der Waals surface area contributed by atoms with E-state index in [0.717, 1.165) is 6.54 Å². The minimum atomic E-state index is 0.600. The molecule has 0 N–H and O–H groups in total. The molecule has 0 spiro atoms. The predicted octanol–water partition coefficient (Wildman–Crippen LogP) is 3.19. The fourth-order valence-electron chi connectivity index (χ4n) is 2.29. The molecule has 0 aliphatic carbocycles. The third-order valence-corrected chi connectivity index (χ3v) is 3.34. The third-order valence-electron chi connectivity index (χ3n) is 3.34. The molecule has 0 bridgehead atoms. The molecule has 0 unspecified atom stereocenters. The van der Waals surface area contributed by atoms with Crippen LogP contribution in [0.3, 0.4) is 0 Å². The summed E-state index contributed by atoms with van der Waals surface area (Å²) < 4.78 is 0. The number of pyridine rings is 1. The number of piperidine rings is 1. The summed E-state index contributed by atoms with van der Waals surface area (Å²) in [5.41, 5.74) is 2.63. The number of hydrogen-bond donors (Lipinski definition) is 0. The number of aromatic nitrogens is 1. The molecule has 0 aromatic carbocycles. The van der Waals surface area contributed by atoms with Gasteiger partial charge in [-0.25, -0.2) is 0 Å². The maximum absolute atomic E-state index is 4.47. The zero-order chi connectivity index (χ0) is 11.4. The summed E-state index contributed by atoms with van der Waals surface area (Å²) in [6.07, 6.45) is 6.05. The Labute approximate surface area is 98.7 Å². The van der Waals surface area contributed by atoms with Crippen molar-refractivity contribution in [3.8, 4) is 0 Å². The molecule has 2 nitrogen and oxygen atoms in total. The first-order chi connectivity index (χ1) is 7.75. The number of rotatable bonds is 3. The van der Waals surface area contributed by atoms with Gasteiger partial charge in [-0.2, -0.15) is 0 Å². The number of hydrogen-bond acceptors (Lipinski definition) is 2. The SMILES string of the molecule is CC(C)c1ccnc(CN2CCCCC2)c1. The van der Waals surface area contributed by atoms with E-state index in [-0.39, 0.29) is 0 Å². The maximum Gasteiger partial charge on any atom is 0.0546 e. The van der Waals surface area contributed by atoms with Crippen LogP contribution in [0.4, 0.5) is 0 Å². The zero-order valence-electron chi connectivity index (χ0n) is 10.4. The van der Waals surface area contributed by atoms with E-state index in [0.29, 0.717) is 5.92 Å². The Morgan fingerprint density at radius 1 is 1.25 bits per heavy atom. The van der Waals surface area contributed by atoms with Gasteiger partial charge in [-0.15, -0.1) is 0 Å². The maximum atomic E-state index is 4.47. The minimum absolute atomic E-state index is 0.600. The molecular weight excluding hydrogens is 196 g/mol. The summed E-state index contributed by atoms with van der Waals surface area (Å²) in [6, 6.07) is 4.39. The van der Waals surface area contributed by atoms with Gasteiger partial charge in [0.15, 0.2) is 0 Å². The van der Waals surface area contributed by atoms with Crippen LogP contribution in [-0.2, 0) is 6.54 Å². The van der Waals surface area contributed by atoms with E-state index in [9.17, 15) is 0 Å². The molecule has 1 aromatic heterocycles. The van der Waals surface area contributed by atoms with Crippen LogP contribution in [-0.4, -0.2) is 23.0 Å². The topological polar surface area (TPSA) is 16.1 Å². The molecule has 0 saturated carbocycles. The third kappa shape index (κ3) is 3.05. The highest BCUT2D eigenvalue weighted by atomic mass is 15.1. The van der Waals surface area contributed by atoms with E-state index in [4.69, 9.17) is 0 Å². The highest BCUT2D eigenvalue weighted by Gasteiger charge is 2.11. The van der Waals surface area contributed by atoms with E-state index in [1.807, 2.05) is 6.20 Å². The van der Waals surface area contributed by atoms with Crippen LogP contribution in [0.25, 0.3) is 0 Å². The van der Waals surface area contributed by atoms with Crippen LogP contribution in [0, 0.1) is 0 Å². The van der Waals surface area contributed by atoms with Gasteiger partial charge in [0.2, 0.25) is 0 Å². The van der Waals surface area contributed by atoms with Gasteiger partial charge in [0.1, 0.15) is 0 Å². The monoisotopic (exact) mass is 218 g/mol. The van der Waals surface area contributed by atoms with Crippen LogP contribution in [0.2, 0.25) is 0 Å². The van der Waals surface area contributed by atoms with Crippen molar-refractivity contribution in [1.29, 1.82) is 0 Å². The normalized spacial score (nSPS) is 17.9. The molecule has 0 atom stereocenters. The summed E-state index contributed by atoms with van der Waals surface area (Å²) in [5.74, 6) is 0.600. The van der Waals surface area contributed by atoms with Crippen molar-refractivity contribution in [3.63, 3.8) is 0 Å². The van der Waals surface area contributed by atoms with Crippen LogP contribution >= 0.6 is 0 Å². The molecule has 1 aliphatic rings. The van der Waals surface area contributed by atoms with Crippen LogP contribution in [0.5, 0.6) is 0 Å². The van der Waals surface area contributed by atoms with Crippen LogP contribution < -0.4 is 0 Å². The van der Waals surface area contributed by atoms with Gasteiger partial charge in [0, 0.05) is 12.7 Å². The van der Waals surface area contributed by atoms with Crippen molar-refractivity contribution in [1.82, 2.24) is 9.88 Å². The summed E-state index contributed by atoms with van der Waals surface area (Å²) in [4.78, 5) is 7.00. The van der Waals surface area contributed by atoms with Gasteiger partial charge < -0.3 is 0 Å². The molecule has 88 valence electrons. The molecular formula is C14H22N2. The summed E-state index contributed by atoms with van der Waals surface area (Å²) in [5, 5.41) is 0. The van der Waals surface area contributed by atoms with E-state index in [1.54, 1.807) is 0 Å². The molecule has 1 aliphatic heterocycles. The van der Waals surface area contributed by atoms with Gasteiger partial charge in [-0.3, -0.25) is 9.88 Å². The van der Waals surface area contributed by atoms with Crippen molar-refractivity contribution in [2.45, 2.75) is 45.6 Å². The first-order valence-electron chi connectivity index (χ1n) is 6.43. The Morgan fingerprint density at radius 2 is 2.00 bits per heavy atom. The predicted molar refractivity (Wildman–Crippen MR) is 67.5 cm³/mol. The quantitative estimate of drug-likeness (QED) is 0.774. The molecule has 2 rings (SSSR count). The molecule has 1 aromatic rings. The standard InChI is InChI=1S/C14H22N2/c1-12(2)13-6-7-15-14(10-13)11-16-8-4-3-5-9-16/h6-7,10,12H,3-5,8-9,11H2,1-2H3. The average molecular weight is 218 g/mol. The zero-order valence-corrected chi connectivity index (χ0v) is 10.4. The average Bonchev–Trinajstić information content (AvgIpc) is 2.30. The lowest BCUT2D eigenvalue weighted by Crippen LogP contribution is -2.29. The Bertz CT molecular complexity index is 327. The van der Waals surface area contributed by atoms with Crippen molar-refractivity contribution in [2.24, 2.45) is 0 Å². The molecule has 0 amide bonds. The fraction of sp³-hybridized carbons (Fsp3) is 0.643. The van der Waals surface area contributed by atoms with Gasteiger partial charge in [-0.05, 0) is 49.5 Å². The first kappa shape index (κ1) is 11.6. The smallest absolute Gasteiger partial charge is 0.0546 e. The number of likely N-dealkylation sites (tertiary alicyclic amines) is 1. The number of nitrogens with zero attached hydrogens (tertiary/aromatic N) is 2. The lowest BCUT2D eigenvalue weighted by atomic mass is 10.0. The second-order valence-electron chi connectivity index (χ2n) is 5.07. The molecule has 16 heavy (non-hydrogen) atoms. The fourth-order valence-corrected chi connectivity index (χ4v) is 2.29. The minimum Gasteiger partial charge on any atom is -0.298 e. The van der Waals surface area contributed by atoms with E-state index < -0.39 is 0 Å². The van der Waals surface area contributed by atoms with Crippen molar-refractivity contribution in [2.75, 3.05) is 13.1 Å². The second kappa shape index (κ2) is 5.44. The molecule has 1 saturated heterocycles. The van der Waals surface area contributed by atoms with E-state index >= 15 is 0 Å². The summed E-state index contributed by atoms with van der Waals surface area (Å²) >= 11 is 0. The van der Waals surface area contributed by atoms with Gasteiger partial charge in [-0.1, -0.05) is 20.3 Å². The highest BCUT2D eigenvalue weighted by Crippen LogP contribution is 2.16. The first-order valence-corrected chi connectivity index (χ1v) is 6.43. The summed E-state index contributed by atoms with van der Waals surface area (Å²) in [7, 11) is 0. The Morgan fingerprint density at radius 3 is 2.69 bits per heavy atom. The van der Waals surface area contributed by atoms with Gasteiger partial charge >= 0.3 is 0 Å². The lowest BCUT2D eigenvalue weighted by molar-refractivity contribution is 0.218. The Balaban J connectivity index is 2.00. The largest absolute Gasteiger partial charge is 0.298 e. The molecule has 2 heterocycles. The Kier molecular flexibility index (Phi) is 3.94. The Hall–Kier alpha value is -0.890. The van der Waals surface area contributed by atoms with Crippen molar-refractivity contribution >= 4 is 0 Å². The van der Waals surface area contributed by atoms with Crippen molar-refractivity contribution in [3.05, 3.63) is 29.6 Å². The molecule has 2 heteroatoms. The van der Waals surface area contributed by atoms with Crippen LogP contribution in [0.15, 0.2) is 18.3 Å². The highest BCUT2D eigenvalue weighted by molar-refractivity contribution is 5.19. The van der Waals surface area contributed by atoms with Gasteiger partial charge in [0.25, 0.3) is 0 Å². The summed E-state index contributed by atoms with van der Waals surface area (Å²) in [6.45, 7) is 7.99. The van der Waals surface area contributed by atoms with Crippen molar-refractivity contribution < 1.29 is 0 Å². The molecule has 1 fully saturated rings. The lowest BCUT2D eigenvalue weighted by Gasteiger charge is -2.26.